The first-order valence-electron chi connectivity index (χ1n) is 8.48. The molecule has 4 rings (SSSR count). The van der Waals surface area contributed by atoms with Crippen molar-refractivity contribution in [3.05, 3.63) is 70.4 Å². The minimum absolute atomic E-state index is 0.0762. The Morgan fingerprint density at radius 3 is 2.60 bits per heavy atom. The van der Waals surface area contributed by atoms with Crippen LogP contribution in [-0.4, -0.2) is 5.78 Å². The van der Waals surface area contributed by atoms with Crippen molar-refractivity contribution in [2.75, 3.05) is 5.32 Å². The van der Waals surface area contributed by atoms with E-state index in [4.69, 9.17) is 16.3 Å². The van der Waals surface area contributed by atoms with Crippen molar-refractivity contribution in [3.8, 4) is 5.75 Å². The number of carbonyl (C=O) groups excluding carboxylic acids is 1. The molecule has 2 aromatic rings. The number of para-hydroxylation sites is 2. The topological polar surface area (TPSA) is 38.3 Å². The highest BCUT2D eigenvalue weighted by molar-refractivity contribution is 6.31. The fraction of sp³-hybridized carbons (Fsp3) is 0.286. The van der Waals surface area contributed by atoms with Crippen LogP contribution in [-0.2, 0) is 4.79 Å². The van der Waals surface area contributed by atoms with E-state index in [1.165, 1.54) is 0 Å². The molecule has 4 heteroatoms. The first-order chi connectivity index (χ1) is 11.9. The van der Waals surface area contributed by atoms with Crippen molar-refractivity contribution in [2.45, 2.75) is 32.8 Å². The molecule has 128 valence electrons. The van der Waals surface area contributed by atoms with Crippen molar-refractivity contribution in [1.29, 1.82) is 0 Å². The molecular formula is C21H20ClNO2. The average molecular weight is 354 g/mol. The summed E-state index contributed by atoms with van der Waals surface area (Å²) >= 11 is 6.44. The molecule has 0 radical (unpaired) electrons. The molecule has 0 saturated heterocycles. The first kappa shape index (κ1) is 16.2. The highest BCUT2D eigenvalue weighted by Crippen LogP contribution is 2.47. The van der Waals surface area contributed by atoms with Gasteiger partial charge in [-0.05, 0) is 30.0 Å². The number of Topliss-reactive ketones (excluding diaryl/α,β-unsaturated/α-hetero) is 1. The zero-order valence-electron chi connectivity index (χ0n) is 14.3. The Labute approximate surface area is 152 Å². The predicted octanol–water partition coefficient (Wildman–Crippen LogP) is 5.53. The molecule has 2 aliphatic rings. The van der Waals surface area contributed by atoms with Crippen LogP contribution in [0, 0.1) is 5.41 Å². The molecule has 1 unspecified atom stereocenters. The summed E-state index contributed by atoms with van der Waals surface area (Å²) in [5, 5.41) is 4.07. The Morgan fingerprint density at radius 2 is 1.80 bits per heavy atom. The van der Waals surface area contributed by atoms with E-state index in [1.807, 2.05) is 48.5 Å². The standard InChI is InChI=1S/C21H20ClNO2/c1-21(2)11-16-19(17(24)12-21)20(13-7-3-4-8-14(13)22)25-18-10-6-5-9-15(18)23-16/h3-10,20,23H,11-12H2,1-2H3. The highest BCUT2D eigenvalue weighted by Gasteiger charge is 2.40. The number of hydrogen-bond acceptors (Lipinski definition) is 3. The van der Waals surface area contributed by atoms with Gasteiger partial charge in [-0.3, -0.25) is 4.79 Å². The maximum Gasteiger partial charge on any atom is 0.165 e. The van der Waals surface area contributed by atoms with Gasteiger partial charge >= 0.3 is 0 Å². The average Bonchev–Trinajstić information content (AvgIpc) is 2.70. The SMILES string of the molecule is CC1(C)CC(=O)C2=C(C1)Nc1ccccc1OC2c1ccccc1Cl. The molecule has 0 fully saturated rings. The van der Waals surface area contributed by atoms with Crippen molar-refractivity contribution in [2.24, 2.45) is 5.41 Å². The van der Waals surface area contributed by atoms with Gasteiger partial charge in [0.2, 0.25) is 0 Å². The normalized spacial score (nSPS) is 21.6. The lowest BCUT2D eigenvalue weighted by molar-refractivity contribution is -0.119. The van der Waals surface area contributed by atoms with E-state index in [1.54, 1.807) is 0 Å². The van der Waals surface area contributed by atoms with Crippen LogP contribution in [0.2, 0.25) is 5.02 Å². The molecule has 0 spiro atoms. The summed E-state index contributed by atoms with van der Waals surface area (Å²) in [5.74, 6) is 0.851. The van der Waals surface area contributed by atoms with Gasteiger partial charge in [-0.1, -0.05) is 55.8 Å². The van der Waals surface area contributed by atoms with Gasteiger partial charge < -0.3 is 10.1 Å². The monoisotopic (exact) mass is 353 g/mol. The minimum atomic E-state index is -0.497. The van der Waals surface area contributed by atoms with Gasteiger partial charge in [-0.25, -0.2) is 0 Å². The van der Waals surface area contributed by atoms with Crippen LogP contribution in [0.4, 0.5) is 5.69 Å². The first-order valence-corrected chi connectivity index (χ1v) is 8.86. The van der Waals surface area contributed by atoms with E-state index in [-0.39, 0.29) is 11.2 Å². The Morgan fingerprint density at radius 1 is 1.08 bits per heavy atom. The Balaban J connectivity index is 1.92. The molecule has 0 saturated carbocycles. The van der Waals surface area contributed by atoms with Crippen molar-refractivity contribution >= 4 is 23.1 Å². The molecule has 1 aliphatic carbocycles. The number of carbonyl (C=O) groups is 1. The molecule has 0 bridgehead atoms. The number of anilines is 1. The number of rotatable bonds is 1. The molecule has 25 heavy (non-hydrogen) atoms. The summed E-state index contributed by atoms with van der Waals surface area (Å²) in [6.07, 6.45) is 0.810. The van der Waals surface area contributed by atoms with Crippen LogP contribution in [0.1, 0.15) is 38.4 Å². The number of ether oxygens (including phenoxy) is 1. The van der Waals surface area contributed by atoms with E-state index >= 15 is 0 Å². The lowest BCUT2D eigenvalue weighted by Gasteiger charge is -2.33. The summed E-state index contributed by atoms with van der Waals surface area (Å²) in [5.41, 5.74) is 3.27. The number of allylic oxidation sites excluding steroid dienone is 1. The lowest BCUT2D eigenvalue weighted by atomic mass is 9.74. The zero-order valence-corrected chi connectivity index (χ0v) is 15.1. The third kappa shape index (κ3) is 2.93. The molecule has 1 heterocycles. The van der Waals surface area contributed by atoms with Gasteiger partial charge in [-0.2, -0.15) is 0 Å². The van der Waals surface area contributed by atoms with Crippen LogP contribution in [0.3, 0.4) is 0 Å². The van der Waals surface area contributed by atoms with E-state index in [9.17, 15) is 4.79 Å². The highest BCUT2D eigenvalue weighted by atomic mass is 35.5. The predicted molar refractivity (Wildman–Crippen MR) is 99.9 cm³/mol. The lowest BCUT2D eigenvalue weighted by Crippen LogP contribution is -2.31. The van der Waals surface area contributed by atoms with E-state index < -0.39 is 6.10 Å². The number of fused-ring (bicyclic) bond motifs is 1. The third-order valence-electron chi connectivity index (χ3n) is 4.79. The van der Waals surface area contributed by atoms with Gasteiger partial charge in [0.1, 0.15) is 5.75 Å². The Kier molecular flexibility index (Phi) is 3.84. The molecular weight excluding hydrogens is 334 g/mol. The number of nitrogens with one attached hydrogen (secondary N) is 1. The van der Waals surface area contributed by atoms with Gasteiger partial charge in [0.25, 0.3) is 0 Å². The number of halogens is 1. The van der Waals surface area contributed by atoms with E-state index in [0.29, 0.717) is 17.0 Å². The molecule has 1 atom stereocenters. The Bertz CT molecular complexity index is 885. The second kappa shape index (κ2) is 5.92. The summed E-state index contributed by atoms with van der Waals surface area (Å²) in [6.45, 7) is 4.25. The van der Waals surface area contributed by atoms with Crippen molar-refractivity contribution in [1.82, 2.24) is 0 Å². The van der Waals surface area contributed by atoms with E-state index in [2.05, 4.69) is 19.2 Å². The van der Waals surface area contributed by atoms with Crippen LogP contribution in [0.15, 0.2) is 59.8 Å². The van der Waals surface area contributed by atoms with Crippen LogP contribution in [0.25, 0.3) is 0 Å². The summed E-state index contributed by atoms with van der Waals surface area (Å²) in [4.78, 5) is 13.0. The molecule has 0 aromatic heterocycles. The van der Waals surface area contributed by atoms with Crippen LogP contribution >= 0.6 is 11.6 Å². The third-order valence-corrected chi connectivity index (χ3v) is 5.13. The quantitative estimate of drug-likeness (QED) is 0.732. The molecule has 1 aliphatic heterocycles. The zero-order chi connectivity index (χ0) is 17.6. The fourth-order valence-corrected chi connectivity index (χ4v) is 3.91. The minimum Gasteiger partial charge on any atom is -0.479 e. The number of hydrogen-bond donors (Lipinski definition) is 1. The van der Waals surface area contributed by atoms with Gasteiger partial charge in [0, 0.05) is 22.7 Å². The molecule has 3 nitrogen and oxygen atoms in total. The Hall–Kier alpha value is -2.26. The summed E-state index contributed by atoms with van der Waals surface area (Å²) in [7, 11) is 0. The molecule has 0 amide bonds. The number of benzene rings is 2. The number of ketones is 1. The van der Waals surface area contributed by atoms with Gasteiger partial charge in [0.05, 0.1) is 11.3 Å². The maximum absolute atomic E-state index is 13.0. The van der Waals surface area contributed by atoms with Crippen LogP contribution < -0.4 is 10.1 Å². The summed E-state index contributed by atoms with van der Waals surface area (Å²) in [6, 6.07) is 15.4. The second-order valence-electron chi connectivity index (χ2n) is 7.47. The smallest absolute Gasteiger partial charge is 0.165 e. The van der Waals surface area contributed by atoms with Gasteiger partial charge in [0.15, 0.2) is 11.9 Å². The fourth-order valence-electron chi connectivity index (χ4n) is 3.68. The van der Waals surface area contributed by atoms with Crippen LogP contribution in [0.5, 0.6) is 5.75 Å². The molecule has 2 aromatic carbocycles. The maximum atomic E-state index is 13.0. The van der Waals surface area contributed by atoms with E-state index in [0.717, 1.165) is 29.1 Å². The van der Waals surface area contributed by atoms with Crippen molar-refractivity contribution in [3.63, 3.8) is 0 Å². The molecule has 1 N–H and O–H groups in total. The van der Waals surface area contributed by atoms with Crippen molar-refractivity contribution < 1.29 is 9.53 Å². The summed E-state index contributed by atoms with van der Waals surface area (Å²) < 4.78 is 6.31. The largest absolute Gasteiger partial charge is 0.479 e. The van der Waals surface area contributed by atoms with Gasteiger partial charge in [-0.15, -0.1) is 0 Å². The second-order valence-corrected chi connectivity index (χ2v) is 7.88.